The highest BCUT2D eigenvalue weighted by Gasteiger charge is 2.17. The van der Waals surface area contributed by atoms with Crippen molar-refractivity contribution in [3.05, 3.63) is 114 Å². The second kappa shape index (κ2) is 8.12. The van der Waals surface area contributed by atoms with Crippen LogP contribution in [0.3, 0.4) is 0 Å². The number of benzene rings is 5. The number of nitrogens with zero attached hydrogens (tertiary/aromatic N) is 2. The third kappa shape index (κ3) is 3.15. The molecule has 0 saturated carbocycles. The van der Waals surface area contributed by atoms with E-state index in [1.165, 1.54) is 27.3 Å². The Kier molecular flexibility index (Phi) is 4.56. The number of hydrogen-bond donors (Lipinski definition) is 0. The molecule has 5 aromatic carbocycles. The summed E-state index contributed by atoms with van der Waals surface area (Å²) in [7, 11) is 0. The average Bonchev–Trinajstić information content (AvgIpc) is 3.35. The van der Waals surface area contributed by atoms with Gasteiger partial charge in [-0.25, -0.2) is 9.97 Å². The smallest absolute Gasteiger partial charge is 0.134 e. The Labute approximate surface area is 220 Å². The van der Waals surface area contributed by atoms with Gasteiger partial charge in [0.05, 0.1) is 22.4 Å². The Morgan fingerprint density at radius 2 is 1.32 bits per heavy atom. The maximum atomic E-state index is 6.13. The van der Waals surface area contributed by atoms with Crippen LogP contribution < -0.4 is 0 Å². The maximum absolute atomic E-state index is 6.13. The van der Waals surface area contributed by atoms with Gasteiger partial charge in [-0.1, -0.05) is 84.9 Å². The first-order valence-corrected chi connectivity index (χ1v) is 13.2. The fourth-order valence-electron chi connectivity index (χ4n) is 5.99. The van der Waals surface area contributed by atoms with Gasteiger partial charge in [-0.15, -0.1) is 0 Å². The molecule has 38 heavy (non-hydrogen) atoms. The lowest BCUT2D eigenvalue weighted by Crippen LogP contribution is -1.97. The molecular weight excluding hydrogens is 464 g/mol. The Balaban J connectivity index is 1.32. The van der Waals surface area contributed by atoms with Gasteiger partial charge in [-0.05, 0) is 53.4 Å². The molecule has 1 aliphatic rings. The van der Waals surface area contributed by atoms with Crippen LogP contribution >= 0.6 is 0 Å². The van der Waals surface area contributed by atoms with E-state index in [9.17, 15) is 0 Å². The minimum atomic E-state index is 0.921. The van der Waals surface area contributed by atoms with Crippen LogP contribution in [0.4, 0.5) is 0 Å². The zero-order chi connectivity index (χ0) is 25.2. The number of furan rings is 1. The predicted molar refractivity (Wildman–Crippen MR) is 157 cm³/mol. The second-order valence-electron chi connectivity index (χ2n) is 10.1. The van der Waals surface area contributed by atoms with Gasteiger partial charge in [-0.2, -0.15) is 0 Å². The van der Waals surface area contributed by atoms with E-state index in [1.807, 2.05) is 0 Å². The number of hydrogen-bond acceptors (Lipinski definition) is 3. The molecule has 0 radical (unpaired) electrons. The molecular formula is C35H24N2O. The highest BCUT2D eigenvalue weighted by Crippen LogP contribution is 2.37. The van der Waals surface area contributed by atoms with Crippen LogP contribution in [0.2, 0.25) is 0 Å². The summed E-state index contributed by atoms with van der Waals surface area (Å²) in [6.07, 6.45) is 6.44. The van der Waals surface area contributed by atoms with E-state index in [4.69, 9.17) is 14.4 Å². The standard InChI is InChI=1S/C35H24N2O/c1-21-33(37-35-29-15-5-3-12-26(29)25-11-2-4-14-28(25)34(35)36-21)24-10-8-9-22(19-24)23-17-18-32-30(20-23)27-13-6-7-16-31(27)38-32/h2-6,8-15,17-20H,7,16H2,1H3. The minimum absolute atomic E-state index is 0.921. The number of aryl methyl sites for hydroxylation is 2. The van der Waals surface area contributed by atoms with Crippen molar-refractivity contribution in [2.45, 2.75) is 19.8 Å². The number of aromatic nitrogens is 2. The van der Waals surface area contributed by atoms with Crippen molar-refractivity contribution in [2.75, 3.05) is 0 Å². The lowest BCUT2D eigenvalue weighted by Gasteiger charge is -2.13. The molecule has 0 aliphatic heterocycles. The van der Waals surface area contributed by atoms with E-state index in [0.717, 1.165) is 68.5 Å². The lowest BCUT2D eigenvalue weighted by atomic mass is 9.97. The third-order valence-corrected chi connectivity index (χ3v) is 7.82. The van der Waals surface area contributed by atoms with Gasteiger partial charge in [-0.3, -0.25) is 0 Å². The topological polar surface area (TPSA) is 38.9 Å². The molecule has 0 fully saturated rings. The molecule has 0 amide bonds. The molecule has 2 aromatic heterocycles. The van der Waals surface area contributed by atoms with Crippen molar-refractivity contribution in [3.8, 4) is 22.4 Å². The Bertz CT molecular complexity index is 2100. The molecule has 0 unspecified atom stereocenters. The first-order chi connectivity index (χ1) is 18.7. The number of rotatable bonds is 2. The van der Waals surface area contributed by atoms with Gasteiger partial charge in [0.1, 0.15) is 11.3 Å². The molecule has 0 saturated heterocycles. The molecule has 180 valence electrons. The fraction of sp³-hybridized carbons (Fsp3) is 0.0857. The van der Waals surface area contributed by atoms with Crippen LogP contribution in [-0.4, -0.2) is 9.97 Å². The van der Waals surface area contributed by atoms with Gasteiger partial charge in [0.25, 0.3) is 0 Å². The summed E-state index contributed by atoms with van der Waals surface area (Å²) in [6, 6.07) is 32.2. The van der Waals surface area contributed by atoms with Crippen LogP contribution in [0.1, 0.15) is 23.4 Å². The van der Waals surface area contributed by atoms with Gasteiger partial charge in [0, 0.05) is 33.7 Å². The molecule has 8 rings (SSSR count). The van der Waals surface area contributed by atoms with Crippen molar-refractivity contribution in [3.63, 3.8) is 0 Å². The van der Waals surface area contributed by atoms with Crippen LogP contribution in [0, 0.1) is 6.92 Å². The van der Waals surface area contributed by atoms with E-state index in [0.29, 0.717) is 0 Å². The van der Waals surface area contributed by atoms with Crippen molar-refractivity contribution in [2.24, 2.45) is 0 Å². The molecule has 2 heterocycles. The first kappa shape index (κ1) is 21.3. The highest BCUT2D eigenvalue weighted by molar-refractivity contribution is 6.23. The zero-order valence-electron chi connectivity index (χ0n) is 21.0. The van der Waals surface area contributed by atoms with Crippen molar-refractivity contribution in [1.82, 2.24) is 9.97 Å². The monoisotopic (exact) mass is 488 g/mol. The lowest BCUT2D eigenvalue weighted by molar-refractivity contribution is 0.546. The molecule has 3 heteroatoms. The Hall–Kier alpha value is -4.76. The van der Waals surface area contributed by atoms with E-state index in [1.54, 1.807) is 0 Å². The quantitative estimate of drug-likeness (QED) is 0.228. The van der Waals surface area contributed by atoms with E-state index >= 15 is 0 Å². The Morgan fingerprint density at radius 1 is 0.632 bits per heavy atom. The summed E-state index contributed by atoms with van der Waals surface area (Å²) in [5.74, 6) is 1.09. The van der Waals surface area contributed by atoms with Gasteiger partial charge in [0.2, 0.25) is 0 Å². The molecule has 0 spiro atoms. The van der Waals surface area contributed by atoms with Gasteiger partial charge < -0.3 is 4.42 Å². The number of fused-ring (bicyclic) bond motifs is 9. The molecule has 0 atom stereocenters. The first-order valence-electron chi connectivity index (χ1n) is 13.2. The largest absolute Gasteiger partial charge is 0.460 e. The van der Waals surface area contributed by atoms with Crippen molar-refractivity contribution >= 4 is 49.6 Å². The van der Waals surface area contributed by atoms with Crippen LogP contribution in [-0.2, 0) is 6.42 Å². The molecule has 7 aromatic rings. The third-order valence-electron chi connectivity index (χ3n) is 7.82. The van der Waals surface area contributed by atoms with Crippen molar-refractivity contribution < 1.29 is 4.42 Å². The molecule has 3 nitrogen and oxygen atoms in total. The SMILES string of the molecule is Cc1nc2c3ccccc3c3ccccc3c2nc1-c1cccc(-c2ccc3oc4c(c3c2)C=CCC4)c1. The number of allylic oxidation sites excluding steroid dienone is 1. The predicted octanol–water partition coefficient (Wildman–Crippen LogP) is 9.28. The van der Waals surface area contributed by atoms with Crippen LogP contribution in [0.25, 0.3) is 72.0 Å². The van der Waals surface area contributed by atoms with Gasteiger partial charge in [0.15, 0.2) is 0 Å². The van der Waals surface area contributed by atoms with Crippen LogP contribution in [0.15, 0.2) is 101 Å². The van der Waals surface area contributed by atoms with E-state index in [-0.39, 0.29) is 0 Å². The Morgan fingerprint density at radius 3 is 2.11 bits per heavy atom. The summed E-state index contributed by atoms with van der Waals surface area (Å²) in [4.78, 5) is 10.4. The summed E-state index contributed by atoms with van der Waals surface area (Å²) < 4.78 is 6.13. The molecule has 0 bridgehead atoms. The summed E-state index contributed by atoms with van der Waals surface area (Å²) in [5.41, 5.74) is 9.33. The summed E-state index contributed by atoms with van der Waals surface area (Å²) in [5, 5.41) is 5.88. The van der Waals surface area contributed by atoms with E-state index in [2.05, 4.69) is 110 Å². The van der Waals surface area contributed by atoms with E-state index < -0.39 is 0 Å². The minimum Gasteiger partial charge on any atom is -0.460 e. The molecule has 1 aliphatic carbocycles. The summed E-state index contributed by atoms with van der Waals surface area (Å²) in [6.45, 7) is 2.06. The van der Waals surface area contributed by atoms with Gasteiger partial charge >= 0.3 is 0 Å². The zero-order valence-corrected chi connectivity index (χ0v) is 21.0. The van der Waals surface area contributed by atoms with Crippen molar-refractivity contribution in [1.29, 1.82) is 0 Å². The maximum Gasteiger partial charge on any atom is 0.134 e. The highest BCUT2D eigenvalue weighted by atomic mass is 16.3. The second-order valence-corrected chi connectivity index (χ2v) is 10.1. The normalized spacial score (nSPS) is 13.1. The average molecular weight is 489 g/mol. The van der Waals surface area contributed by atoms with Crippen LogP contribution in [0.5, 0.6) is 0 Å². The molecule has 0 N–H and O–H groups in total. The summed E-state index contributed by atoms with van der Waals surface area (Å²) >= 11 is 0. The fourth-order valence-corrected chi connectivity index (χ4v) is 5.99.